The highest BCUT2D eigenvalue weighted by Crippen LogP contribution is 2.56. The van der Waals surface area contributed by atoms with Crippen molar-refractivity contribution >= 4 is 17.5 Å². The average molecular weight is 493 g/mol. The number of hydrogen-bond acceptors (Lipinski definition) is 9. The van der Waals surface area contributed by atoms with Crippen LogP contribution in [0.3, 0.4) is 0 Å². The summed E-state index contributed by atoms with van der Waals surface area (Å²) in [6.45, 7) is 3.52. The fourth-order valence-corrected chi connectivity index (χ4v) is 4.76. The molecule has 0 bridgehead atoms. The van der Waals surface area contributed by atoms with Crippen LogP contribution in [-0.2, 0) is 21.5 Å². The minimum Gasteiger partial charge on any atom is -0.507 e. The van der Waals surface area contributed by atoms with Crippen LogP contribution in [0.25, 0.3) is 0 Å². The molecule has 5 rings (SSSR count). The zero-order valence-corrected chi connectivity index (χ0v) is 19.8. The predicted octanol–water partition coefficient (Wildman–Crippen LogP) is 2.62. The number of ether oxygens (including phenoxy) is 4. The summed E-state index contributed by atoms with van der Waals surface area (Å²) in [7, 11) is 1.33. The zero-order valence-electron chi connectivity index (χ0n) is 19.8. The maximum absolute atomic E-state index is 13.4. The van der Waals surface area contributed by atoms with Gasteiger partial charge in [0.15, 0.2) is 28.8 Å². The van der Waals surface area contributed by atoms with Crippen LogP contribution in [0.2, 0.25) is 0 Å². The molecule has 186 valence electrons. The molecule has 0 radical (unpaired) electrons. The normalized spacial score (nSPS) is 19.6. The molecule has 3 N–H and O–H groups in total. The topological polar surface area (TPSA) is 141 Å². The molecule has 2 aliphatic heterocycles. The molecule has 36 heavy (non-hydrogen) atoms. The molecule has 0 unspecified atom stereocenters. The Hall–Kier alpha value is -4.47. The van der Waals surface area contributed by atoms with E-state index in [4.69, 9.17) is 18.9 Å². The first-order valence-electron chi connectivity index (χ1n) is 11.2. The van der Waals surface area contributed by atoms with Crippen molar-refractivity contribution in [2.45, 2.75) is 25.8 Å². The van der Waals surface area contributed by atoms with Crippen LogP contribution in [0.5, 0.6) is 28.7 Å². The number of para-hydroxylation sites is 1. The number of hydrogen-bond donors (Lipinski definition) is 3. The van der Waals surface area contributed by atoms with Gasteiger partial charge in [0.05, 0.1) is 12.7 Å². The second-order valence-corrected chi connectivity index (χ2v) is 8.68. The fraction of sp³-hybridized carbons (Fsp3) is 0.269. The standard InChI is InChI=1S/C26H23NO9/c1-12(28)19-14(29)10-18-26(2,24(19)31)21-15(30)9-17(33-3)20(23(21)36-18)25(32)27-11-13-5-4-6-16-22(13)35-8-7-34-16/h4-6,9-10,29-30H,7-8,11H2,1-3H3,(H,27,32)/t26-/m1/s1. The first kappa shape index (κ1) is 23.3. The number of amides is 1. The van der Waals surface area contributed by atoms with Gasteiger partial charge in [-0.3, -0.25) is 14.4 Å². The molecular weight excluding hydrogens is 470 g/mol. The molecule has 0 saturated heterocycles. The van der Waals surface area contributed by atoms with Gasteiger partial charge >= 0.3 is 0 Å². The van der Waals surface area contributed by atoms with E-state index in [0.29, 0.717) is 30.3 Å². The maximum atomic E-state index is 13.4. The molecule has 0 saturated carbocycles. The van der Waals surface area contributed by atoms with E-state index < -0.39 is 34.2 Å². The highest BCUT2D eigenvalue weighted by atomic mass is 16.6. The van der Waals surface area contributed by atoms with E-state index in [1.165, 1.54) is 20.1 Å². The first-order chi connectivity index (χ1) is 17.2. The summed E-state index contributed by atoms with van der Waals surface area (Å²) in [5.74, 6) is -1.87. The third kappa shape index (κ3) is 3.29. The van der Waals surface area contributed by atoms with Crippen LogP contribution < -0.4 is 24.3 Å². The van der Waals surface area contributed by atoms with Gasteiger partial charge in [0.1, 0.15) is 52.8 Å². The van der Waals surface area contributed by atoms with E-state index in [1.807, 2.05) is 0 Å². The molecule has 2 aromatic carbocycles. The van der Waals surface area contributed by atoms with Crippen molar-refractivity contribution in [3.63, 3.8) is 0 Å². The van der Waals surface area contributed by atoms with Crippen LogP contribution in [0.15, 0.2) is 47.4 Å². The number of ketones is 2. The number of benzene rings is 2. The molecule has 10 heteroatoms. The molecule has 2 heterocycles. The average Bonchev–Trinajstić information content (AvgIpc) is 3.15. The summed E-state index contributed by atoms with van der Waals surface area (Å²) >= 11 is 0. The minimum absolute atomic E-state index is 0.00442. The van der Waals surface area contributed by atoms with Crippen molar-refractivity contribution in [2.24, 2.45) is 0 Å². The Kier molecular flexibility index (Phi) is 5.39. The van der Waals surface area contributed by atoms with Crippen molar-refractivity contribution in [1.82, 2.24) is 5.32 Å². The number of nitrogens with one attached hydrogen (secondary N) is 1. The van der Waals surface area contributed by atoms with Crippen LogP contribution >= 0.6 is 0 Å². The zero-order chi connectivity index (χ0) is 25.8. The molecule has 1 atom stereocenters. The van der Waals surface area contributed by atoms with Crippen LogP contribution in [0.1, 0.15) is 35.3 Å². The van der Waals surface area contributed by atoms with Gasteiger partial charge in [-0.1, -0.05) is 12.1 Å². The largest absolute Gasteiger partial charge is 0.507 e. The van der Waals surface area contributed by atoms with Gasteiger partial charge in [-0.05, 0) is 19.9 Å². The number of Topliss-reactive ketones (excluding diaryl/α,β-unsaturated/α-hetero) is 2. The number of aliphatic hydroxyl groups excluding tert-OH is 1. The Morgan fingerprint density at radius 3 is 2.64 bits per heavy atom. The Balaban J connectivity index is 1.55. The van der Waals surface area contributed by atoms with Gasteiger partial charge < -0.3 is 34.5 Å². The summed E-state index contributed by atoms with van der Waals surface area (Å²) < 4.78 is 22.5. The summed E-state index contributed by atoms with van der Waals surface area (Å²) in [6, 6.07) is 6.56. The smallest absolute Gasteiger partial charge is 0.259 e. The van der Waals surface area contributed by atoms with Crippen LogP contribution in [-0.4, -0.2) is 48.0 Å². The van der Waals surface area contributed by atoms with Crippen molar-refractivity contribution in [3.05, 3.63) is 64.1 Å². The van der Waals surface area contributed by atoms with E-state index in [2.05, 4.69) is 5.32 Å². The van der Waals surface area contributed by atoms with E-state index in [9.17, 15) is 24.6 Å². The van der Waals surface area contributed by atoms with Gasteiger partial charge in [-0.25, -0.2) is 0 Å². The molecule has 1 aliphatic carbocycles. The van der Waals surface area contributed by atoms with Gasteiger partial charge in [-0.15, -0.1) is 0 Å². The molecule has 3 aliphatic rings. The Morgan fingerprint density at radius 2 is 1.92 bits per heavy atom. The van der Waals surface area contributed by atoms with Gasteiger partial charge in [0.25, 0.3) is 5.91 Å². The van der Waals surface area contributed by atoms with E-state index in [-0.39, 0.29) is 40.7 Å². The summed E-state index contributed by atoms with van der Waals surface area (Å²) in [5.41, 5.74) is -1.40. The lowest BCUT2D eigenvalue weighted by Crippen LogP contribution is -2.38. The first-order valence-corrected chi connectivity index (χ1v) is 11.2. The highest BCUT2D eigenvalue weighted by Gasteiger charge is 2.55. The van der Waals surface area contributed by atoms with Crippen molar-refractivity contribution in [2.75, 3.05) is 20.3 Å². The predicted molar refractivity (Wildman–Crippen MR) is 125 cm³/mol. The number of phenolic OH excluding ortho intramolecular Hbond substituents is 1. The molecule has 10 nitrogen and oxygen atoms in total. The lowest BCUT2D eigenvalue weighted by atomic mass is 9.71. The summed E-state index contributed by atoms with van der Waals surface area (Å²) in [5, 5.41) is 23.9. The highest BCUT2D eigenvalue weighted by molar-refractivity contribution is 6.25. The number of aliphatic hydroxyl groups is 1. The number of aromatic hydroxyl groups is 1. The number of carbonyl (C=O) groups excluding carboxylic acids is 3. The molecular formula is C26H23NO9. The van der Waals surface area contributed by atoms with Crippen molar-refractivity contribution in [1.29, 1.82) is 0 Å². The fourth-order valence-electron chi connectivity index (χ4n) is 4.76. The summed E-state index contributed by atoms with van der Waals surface area (Å²) in [6.07, 6.45) is 1.15. The lowest BCUT2D eigenvalue weighted by molar-refractivity contribution is -0.123. The quantitative estimate of drug-likeness (QED) is 0.536. The number of methoxy groups -OCH3 is 1. The van der Waals surface area contributed by atoms with Gasteiger partial charge in [-0.2, -0.15) is 0 Å². The Labute approximate surface area is 205 Å². The monoisotopic (exact) mass is 493 g/mol. The number of allylic oxidation sites excluding steroid dienone is 3. The summed E-state index contributed by atoms with van der Waals surface area (Å²) in [4.78, 5) is 38.8. The van der Waals surface area contributed by atoms with E-state index >= 15 is 0 Å². The number of phenols is 1. The number of fused-ring (bicyclic) bond motifs is 4. The van der Waals surface area contributed by atoms with E-state index in [0.717, 1.165) is 13.0 Å². The van der Waals surface area contributed by atoms with Gasteiger partial charge in [0.2, 0.25) is 0 Å². The molecule has 1 amide bonds. The Bertz CT molecular complexity index is 1400. The molecule has 0 fully saturated rings. The maximum Gasteiger partial charge on any atom is 0.259 e. The second-order valence-electron chi connectivity index (χ2n) is 8.68. The van der Waals surface area contributed by atoms with Crippen LogP contribution in [0, 0.1) is 0 Å². The Morgan fingerprint density at radius 1 is 1.17 bits per heavy atom. The number of rotatable bonds is 5. The van der Waals surface area contributed by atoms with Gasteiger partial charge in [0, 0.05) is 24.3 Å². The third-order valence-electron chi connectivity index (χ3n) is 6.52. The van der Waals surface area contributed by atoms with Crippen molar-refractivity contribution < 1.29 is 43.5 Å². The molecule has 0 aromatic heterocycles. The second kappa shape index (κ2) is 8.33. The van der Waals surface area contributed by atoms with Crippen LogP contribution in [0.4, 0.5) is 0 Å². The lowest BCUT2D eigenvalue weighted by Gasteiger charge is -2.27. The SMILES string of the molecule is COc1cc(O)c2c(c1C(=O)NCc1cccc3c1OCCO3)OC1=CC(O)=C(C(C)=O)C(=O)[C@]12C. The van der Waals surface area contributed by atoms with Crippen molar-refractivity contribution in [3.8, 4) is 28.7 Å². The number of carbonyl (C=O) groups is 3. The van der Waals surface area contributed by atoms with E-state index in [1.54, 1.807) is 18.2 Å². The third-order valence-corrected chi connectivity index (χ3v) is 6.52. The minimum atomic E-state index is -1.63. The molecule has 2 aromatic rings. The molecule has 0 spiro atoms.